The number of nitrogens with two attached hydrogens (primary N) is 1. The van der Waals surface area contributed by atoms with Gasteiger partial charge in [0.15, 0.2) is 11.6 Å². The molecule has 5 nitrogen and oxygen atoms in total. The number of aromatic nitrogens is 2. The molecule has 0 bridgehead atoms. The SMILES string of the molecule is Nc1nc(OCc2ccco2)ncc1F. The zero-order valence-electron chi connectivity index (χ0n) is 7.68. The minimum Gasteiger partial charge on any atom is -0.466 e. The molecule has 2 aromatic rings. The first-order chi connectivity index (χ1) is 7.25. The second-order valence-electron chi connectivity index (χ2n) is 2.75. The standard InChI is InChI=1S/C9H8FN3O2/c10-7-4-12-9(13-8(7)11)15-5-6-2-1-3-14-6/h1-4H,5H2,(H2,11,12,13). The van der Waals surface area contributed by atoms with Gasteiger partial charge in [0.1, 0.15) is 12.4 Å². The van der Waals surface area contributed by atoms with Crippen LogP contribution in [0, 0.1) is 5.82 Å². The molecule has 2 heterocycles. The second-order valence-corrected chi connectivity index (χ2v) is 2.75. The fourth-order valence-corrected chi connectivity index (χ4v) is 0.963. The van der Waals surface area contributed by atoms with E-state index in [1.165, 1.54) is 6.26 Å². The molecular formula is C9H8FN3O2. The molecule has 2 rings (SSSR count). The lowest BCUT2D eigenvalue weighted by molar-refractivity contribution is 0.249. The van der Waals surface area contributed by atoms with Gasteiger partial charge in [-0.25, -0.2) is 9.37 Å². The van der Waals surface area contributed by atoms with E-state index in [4.69, 9.17) is 14.9 Å². The summed E-state index contributed by atoms with van der Waals surface area (Å²) in [5.74, 6) is -0.277. The van der Waals surface area contributed by atoms with E-state index in [9.17, 15) is 4.39 Å². The van der Waals surface area contributed by atoms with Crippen molar-refractivity contribution >= 4 is 5.82 Å². The molecule has 78 valence electrons. The van der Waals surface area contributed by atoms with Crippen LogP contribution < -0.4 is 10.5 Å². The van der Waals surface area contributed by atoms with E-state index < -0.39 is 5.82 Å². The van der Waals surface area contributed by atoms with Gasteiger partial charge in [0.25, 0.3) is 0 Å². The Labute approximate surface area is 84.7 Å². The molecule has 0 aliphatic carbocycles. The largest absolute Gasteiger partial charge is 0.466 e. The predicted molar refractivity (Wildman–Crippen MR) is 49.4 cm³/mol. The van der Waals surface area contributed by atoms with Crippen LogP contribution in [0.25, 0.3) is 0 Å². The Kier molecular flexibility index (Phi) is 2.49. The number of halogens is 1. The van der Waals surface area contributed by atoms with Crippen LogP contribution in [0.2, 0.25) is 0 Å². The molecule has 2 N–H and O–H groups in total. The van der Waals surface area contributed by atoms with Crippen LogP contribution in [0.5, 0.6) is 6.01 Å². The van der Waals surface area contributed by atoms with E-state index in [0.29, 0.717) is 5.76 Å². The predicted octanol–water partition coefficient (Wildman–Crippen LogP) is 1.37. The molecule has 0 aliphatic rings. The zero-order chi connectivity index (χ0) is 10.7. The zero-order valence-corrected chi connectivity index (χ0v) is 7.68. The van der Waals surface area contributed by atoms with Gasteiger partial charge in [-0.2, -0.15) is 4.98 Å². The first kappa shape index (κ1) is 9.45. The number of hydrogen-bond donors (Lipinski definition) is 1. The highest BCUT2D eigenvalue weighted by Gasteiger charge is 2.04. The number of nitrogens with zero attached hydrogens (tertiary/aromatic N) is 2. The van der Waals surface area contributed by atoms with E-state index in [2.05, 4.69) is 9.97 Å². The van der Waals surface area contributed by atoms with Crippen molar-refractivity contribution in [3.05, 3.63) is 36.2 Å². The van der Waals surface area contributed by atoms with Gasteiger partial charge in [-0.05, 0) is 12.1 Å². The topological polar surface area (TPSA) is 74.2 Å². The molecule has 0 spiro atoms. The highest BCUT2D eigenvalue weighted by Crippen LogP contribution is 2.11. The molecule has 0 fully saturated rings. The van der Waals surface area contributed by atoms with Crippen molar-refractivity contribution < 1.29 is 13.5 Å². The first-order valence-electron chi connectivity index (χ1n) is 4.19. The Hall–Kier alpha value is -2.11. The third kappa shape index (κ3) is 2.22. The van der Waals surface area contributed by atoms with E-state index in [0.717, 1.165) is 6.20 Å². The lowest BCUT2D eigenvalue weighted by atomic mass is 10.5. The normalized spacial score (nSPS) is 10.2. The van der Waals surface area contributed by atoms with Crippen molar-refractivity contribution in [3.8, 4) is 6.01 Å². The summed E-state index contributed by atoms with van der Waals surface area (Å²) < 4.78 is 22.8. The van der Waals surface area contributed by atoms with Crippen LogP contribution in [-0.4, -0.2) is 9.97 Å². The molecule has 0 atom stereocenters. The lowest BCUT2D eigenvalue weighted by Crippen LogP contribution is -2.02. The summed E-state index contributed by atoms with van der Waals surface area (Å²) in [6, 6.07) is 3.50. The number of furan rings is 1. The van der Waals surface area contributed by atoms with Gasteiger partial charge in [0.05, 0.1) is 12.5 Å². The maximum absolute atomic E-state index is 12.7. The third-order valence-corrected chi connectivity index (χ3v) is 1.67. The van der Waals surface area contributed by atoms with E-state index in [1.54, 1.807) is 12.1 Å². The van der Waals surface area contributed by atoms with Crippen LogP contribution in [-0.2, 0) is 6.61 Å². The van der Waals surface area contributed by atoms with Crippen molar-refractivity contribution in [2.45, 2.75) is 6.61 Å². The van der Waals surface area contributed by atoms with Gasteiger partial charge >= 0.3 is 6.01 Å². The molecule has 0 unspecified atom stereocenters. The summed E-state index contributed by atoms with van der Waals surface area (Å²) >= 11 is 0. The number of hydrogen-bond acceptors (Lipinski definition) is 5. The Balaban J connectivity index is 2.02. The second kappa shape index (κ2) is 3.95. The average Bonchev–Trinajstić information content (AvgIpc) is 2.73. The molecule has 0 radical (unpaired) electrons. The molecule has 6 heteroatoms. The van der Waals surface area contributed by atoms with Crippen LogP contribution in [0.4, 0.5) is 10.2 Å². The fraction of sp³-hybridized carbons (Fsp3) is 0.111. The van der Waals surface area contributed by atoms with Gasteiger partial charge in [-0.3, -0.25) is 0 Å². The summed E-state index contributed by atoms with van der Waals surface area (Å²) in [5, 5.41) is 0. The summed E-state index contributed by atoms with van der Waals surface area (Å²) in [7, 11) is 0. The summed E-state index contributed by atoms with van der Waals surface area (Å²) in [5.41, 5.74) is 5.24. The van der Waals surface area contributed by atoms with Crippen molar-refractivity contribution in [3.63, 3.8) is 0 Å². The average molecular weight is 209 g/mol. The van der Waals surface area contributed by atoms with Gasteiger partial charge in [0, 0.05) is 0 Å². The maximum Gasteiger partial charge on any atom is 0.318 e. The summed E-state index contributed by atoms with van der Waals surface area (Å²) in [6.45, 7) is 0.179. The Morgan fingerprint density at radius 2 is 2.40 bits per heavy atom. The number of anilines is 1. The fourth-order valence-electron chi connectivity index (χ4n) is 0.963. The molecule has 0 amide bonds. The molecular weight excluding hydrogens is 201 g/mol. The van der Waals surface area contributed by atoms with Crippen molar-refractivity contribution in [1.29, 1.82) is 0 Å². The Morgan fingerprint density at radius 1 is 1.53 bits per heavy atom. The number of rotatable bonds is 3. The van der Waals surface area contributed by atoms with Gasteiger partial charge in [-0.1, -0.05) is 0 Å². The van der Waals surface area contributed by atoms with Crippen molar-refractivity contribution in [2.75, 3.05) is 5.73 Å². The first-order valence-corrected chi connectivity index (χ1v) is 4.19. The van der Waals surface area contributed by atoms with E-state index in [1.807, 2.05) is 0 Å². The minimum atomic E-state index is -0.666. The van der Waals surface area contributed by atoms with Crippen LogP contribution in [0.3, 0.4) is 0 Å². The molecule has 0 saturated carbocycles. The Morgan fingerprint density at radius 3 is 3.07 bits per heavy atom. The van der Waals surface area contributed by atoms with Gasteiger partial charge in [-0.15, -0.1) is 0 Å². The van der Waals surface area contributed by atoms with Crippen molar-refractivity contribution in [2.24, 2.45) is 0 Å². The smallest absolute Gasteiger partial charge is 0.318 e. The minimum absolute atomic E-state index is 0.0188. The molecule has 15 heavy (non-hydrogen) atoms. The highest BCUT2D eigenvalue weighted by molar-refractivity contribution is 5.29. The highest BCUT2D eigenvalue weighted by atomic mass is 19.1. The van der Waals surface area contributed by atoms with Crippen LogP contribution in [0.1, 0.15) is 5.76 Å². The monoisotopic (exact) mass is 209 g/mol. The lowest BCUT2D eigenvalue weighted by Gasteiger charge is -2.02. The van der Waals surface area contributed by atoms with E-state index in [-0.39, 0.29) is 18.4 Å². The maximum atomic E-state index is 12.7. The number of nitrogen functional groups attached to an aromatic ring is 1. The van der Waals surface area contributed by atoms with Crippen LogP contribution >= 0.6 is 0 Å². The molecule has 2 aromatic heterocycles. The van der Waals surface area contributed by atoms with Gasteiger partial charge < -0.3 is 14.9 Å². The van der Waals surface area contributed by atoms with Crippen LogP contribution in [0.15, 0.2) is 29.0 Å². The summed E-state index contributed by atoms with van der Waals surface area (Å²) in [6.07, 6.45) is 2.48. The molecule has 0 saturated heterocycles. The van der Waals surface area contributed by atoms with Crippen molar-refractivity contribution in [1.82, 2.24) is 9.97 Å². The van der Waals surface area contributed by atoms with E-state index >= 15 is 0 Å². The Bertz CT molecular complexity index is 445. The molecule has 0 aliphatic heterocycles. The number of ether oxygens (including phenoxy) is 1. The summed E-state index contributed by atoms with van der Waals surface area (Å²) in [4.78, 5) is 7.21. The van der Waals surface area contributed by atoms with Gasteiger partial charge in [0.2, 0.25) is 0 Å². The quantitative estimate of drug-likeness (QED) is 0.826. The molecule has 0 aromatic carbocycles. The third-order valence-electron chi connectivity index (χ3n) is 1.67.